The molecule has 28 heteroatoms. The van der Waals surface area contributed by atoms with Crippen molar-refractivity contribution in [3.05, 3.63) is 0 Å². The number of carboxylic acids is 1. The molecule has 46 heavy (non-hydrogen) atoms. The molecule has 0 heterocycles. The summed E-state index contributed by atoms with van der Waals surface area (Å²) in [5.41, 5.74) is 0. The van der Waals surface area contributed by atoms with Crippen LogP contribution in [0.25, 0.3) is 0 Å². The van der Waals surface area contributed by atoms with E-state index in [9.17, 15) is 14.2 Å². The van der Waals surface area contributed by atoms with Crippen LogP contribution < -0.4 is 0 Å². The van der Waals surface area contributed by atoms with Crippen LogP contribution in [0.5, 0.6) is 0 Å². The predicted octanol–water partition coefficient (Wildman–Crippen LogP) is 8.31. The molecule has 0 saturated heterocycles. The van der Waals surface area contributed by atoms with Crippen molar-refractivity contribution < 1.29 is 33.1 Å². The average molecular weight is 675 g/mol. The van der Waals surface area contributed by atoms with Gasteiger partial charge in [0.15, 0.2) is 0 Å². The summed E-state index contributed by atoms with van der Waals surface area (Å²) in [7, 11) is -1.59. The monoisotopic (exact) mass is 674 g/mol. The molecule has 254 valence electrons. The number of esters is 1. The van der Waals surface area contributed by atoms with E-state index in [0.29, 0.717) is 6.42 Å². The molecule has 0 saturated carbocycles. The lowest BCUT2D eigenvalue weighted by atomic mass is 10.1. The number of hydrogen-bond donors (Lipinski definition) is 1. The van der Waals surface area contributed by atoms with Crippen molar-refractivity contribution in [2.75, 3.05) is 26.9 Å². The minimum absolute atomic E-state index is 0.0469. The van der Waals surface area contributed by atoms with Gasteiger partial charge in [0.25, 0.3) is 0 Å². The molecule has 0 aliphatic carbocycles. The molecule has 0 spiro atoms. The molecule has 0 bridgehead atoms. The Morgan fingerprint density at radius 1 is 0.674 bits per heavy atom. The van der Waals surface area contributed by atoms with Crippen LogP contribution in [0.4, 0.5) is 0 Å². The van der Waals surface area contributed by atoms with E-state index >= 15 is 0 Å². The summed E-state index contributed by atoms with van der Waals surface area (Å²) in [4.78, 5) is 23.2. The maximum absolute atomic E-state index is 13.3. The summed E-state index contributed by atoms with van der Waals surface area (Å²) in [5, 5.41) is 70.7. The molecule has 0 aromatic heterocycles. The van der Waals surface area contributed by atoms with E-state index in [4.69, 9.17) is 19.0 Å². The number of hydrogen-bond acceptors (Lipinski definition) is 8. The van der Waals surface area contributed by atoms with Crippen molar-refractivity contribution in [3.63, 3.8) is 0 Å². The zero-order valence-electron chi connectivity index (χ0n) is 25.4. The molecule has 0 aromatic rings. The van der Waals surface area contributed by atoms with Gasteiger partial charge < -0.3 is 9.84 Å². The van der Waals surface area contributed by atoms with Crippen molar-refractivity contribution >= 4 is 19.5 Å². The molecule has 2 unspecified atom stereocenters. The number of aliphatic carboxylic acids is 1. The van der Waals surface area contributed by atoms with E-state index in [-0.39, 0.29) is 19.4 Å². The Balaban J connectivity index is 4.88. The van der Waals surface area contributed by atoms with Gasteiger partial charge in [-0.05, 0) is 54.6 Å². The summed E-state index contributed by atoms with van der Waals surface area (Å²) >= 11 is 0. The van der Waals surface area contributed by atoms with Crippen molar-refractivity contribution in [1.82, 2.24) is 0 Å². The third-order valence-electron chi connectivity index (χ3n) is 4.94. The number of unbranched alkanes of at least 4 members (excludes halogenated alkanes) is 7. The Morgan fingerprint density at radius 3 is 1.54 bits per heavy atom. The molecule has 2 atom stereocenters. The first-order valence-corrected chi connectivity index (χ1v) is 15.2. The van der Waals surface area contributed by atoms with Crippen LogP contribution in [0.3, 0.4) is 0 Å². The highest BCUT2D eigenvalue weighted by Crippen LogP contribution is 2.51. The van der Waals surface area contributed by atoms with E-state index in [1.165, 1.54) is 19.9 Å². The molecule has 0 rings (SSSR count). The van der Waals surface area contributed by atoms with Crippen molar-refractivity contribution in [2.45, 2.75) is 71.1 Å². The highest BCUT2D eigenvalue weighted by atomic mass is 31.2. The number of carboxylic acid groups (broad SMARTS) is 1. The van der Waals surface area contributed by atoms with Crippen LogP contribution in [0.15, 0.2) is 104 Å². The molecule has 0 fully saturated rings. The van der Waals surface area contributed by atoms with Crippen molar-refractivity contribution in [1.29, 1.82) is 0 Å². The van der Waals surface area contributed by atoms with Gasteiger partial charge in [0.2, 0.25) is 0 Å². The quantitative estimate of drug-likeness (QED) is 0.0291. The van der Waals surface area contributed by atoms with Crippen LogP contribution in [0, 0.1) is 5.92 Å². The molecule has 1 N–H and O–H groups in total. The first kappa shape index (κ1) is 40.9. The van der Waals surface area contributed by atoms with Gasteiger partial charge in [0.05, 0.1) is 38.1 Å². The molecule has 0 aromatic carbocycles. The highest BCUT2D eigenvalue weighted by Gasteiger charge is 2.35. The fraction of sp³-hybridized carbons (Fsp3) is 0.889. The number of nitrogens with zero attached hydrogens (tertiary/aromatic N) is 20. The Morgan fingerprint density at radius 2 is 1.11 bits per heavy atom. The van der Waals surface area contributed by atoms with Gasteiger partial charge in [-0.25, -0.2) is 4.57 Å². The summed E-state index contributed by atoms with van der Waals surface area (Å²) in [6.45, 7) is 2.20. The standard InChI is InChI=1S/C18H35N20O7P/c1-4-5-6-7-8-9-10-11-14-44-46(42,15-16(18(41)43-3)12-13-17(39)40)45-38-37-36-35-34-33-32-31-30-29-28-27-26-25-24-23-22-21-20-19-2/h16H,4-15H2,1-3H3,(H,39,40). The minimum Gasteiger partial charge on any atom is -0.481 e. The van der Waals surface area contributed by atoms with Gasteiger partial charge >= 0.3 is 19.5 Å². The lowest BCUT2D eigenvalue weighted by molar-refractivity contribution is -0.145. The zero-order valence-corrected chi connectivity index (χ0v) is 26.2. The van der Waals surface area contributed by atoms with Gasteiger partial charge in [-0.3, -0.25) is 18.7 Å². The molecule has 0 radical (unpaired) electrons. The Labute approximate surface area is 261 Å². The van der Waals surface area contributed by atoms with Gasteiger partial charge in [-0.2, -0.15) is 5.11 Å². The molecule has 27 nitrogen and oxygen atoms in total. The lowest BCUT2D eigenvalue weighted by Crippen LogP contribution is -2.22. The Kier molecular flexibility index (Phi) is 26.7. The summed E-state index contributed by atoms with van der Waals surface area (Å²) in [5.74, 6) is -3.02. The fourth-order valence-electron chi connectivity index (χ4n) is 2.98. The largest absolute Gasteiger partial charge is 0.481 e. The van der Waals surface area contributed by atoms with Crippen LogP contribution in [-0.2, 0) is 28.0 Å². The van der Waals surface area contributed by atoms with Gasteiger partial charge in [-0.1, -0.05) is 51.9 Å². The van der Waals surface area contributed by atoms with Crippen LogP contribution in [0.1, 0.15) is 71.1 Å². The smallest absolute Gasteiger partial charge is 0.403 e. The second-order valence-corrected chi connectivity index (χ2v) is 10.2. The normalized spacial score (nSPS) is 15.1. The maximum Gasteiger partial charge on any atom is 0.403 e. The fourth-order valence-corrected chi connectivity index (χ4v) is 4.62. The highest BCUT2D eigenvalue weighted by molar-refractivity contribution is 7.53. The van der Waals surface area contributed by atoms with E-state index in [1.54, 1.807) is 0 Å². The van der Waals surface area contributed by atoms with Gasteiger partial charge in [-0.15, -0.1) is 0 Å². The van der Waals surface area contributed by atoms with Gasteiger partial charge in [0, 0.05) is 58.7 Å². The maximum atomic E-state index is 13.3. The number of methoxy groups -OCH3 is 1. The Hall–Kier alpha value is -5.07. The first-order chi connectivity index (χ1) is 22.4. The average Bonchev–Trinajstić information content (AvgIpc) is 3.04. The van der Waals surface area contributed by atoms with Gasteiger partial charge in [0.1, 0.15) is 0 Å². The van der Waals surface area contributed by atoms with Crippen LogP contribution >= 0.6 is 7.60 Å². The first-order valence-electron chi connectivity index (χ1n) is 13.5. The number of rotatable bonds is 27. The topological polar surface area (TPSA) is 346 Å². The lowest BCUT2D eigenvalue weighted by Gasteiger charge is -2.19. The Bertz CT molecular complexity index is 1190. The van der Waals surface area contributed by atoms with E-state index in [2.05, 4.69) is 111 Å². The van der Waals surface area contributed by atoms with Crippen LogP contribution in [-0.4, -0.2) is 44.0 Å². The minimum atomic E-state index is -4.09. The van der Waals surface area contributed by atoms with Crippen molar-refractivity contribution in [2.24, 2.45) is 110 Å². The van der Waals surface area contributed by atoms with E-state index in [0.717, 1.165) is 39.2 Å². The van der Waals surface area contributed by atoms with E-state index in [1.807, 2.05) is 0 Å². The molecule has 0 aliphatic rings. The van der Waals surface area contributed by atoms with Crippen molar-refractivity contribution in [3.8, 4) is 0 Å². The number of carbonyl (C=O) groups is 2. The number of ether oxygens (including phenoxy) is 1. The van der Waals surface area contributed by atoms with E-state index < -0.39 is 31.6 Å². The third kappa shape index (κ3) is 26.5. The second kappa shape index (κ2) is 30.0. The SMILES string of the molecule is CCCCCCCCCCOP(=O)(CC(CCC(=O)O)C(=O)OC)ON=NN=NN=NN=NN=NN=NN=NN=NN=NN=NC. The molecular weight excluding hydrogens is 639 g/mol. The molecule has 0 amide bonds. The zero-order chi connectivity index (χ0) is 34.0. The third-order valence-corrected chi connectivity index (χ3v) is 6.72. The molecule has 0 aliphatic heterocycles. The second-order valence-electron chi connectivity index (χ2n) is 8.23. The summed E-state index contributed by atoms with van der Waals surface area (Å²) < 4.78 is 28.4. The molecular formula is C18H35N20O7P. The summed E-state index contributed by atoms with van der Waals surface area (Å²) in [6.07, 6.45) is 7.13. The predicted molar refractivity (Wildman–Crippen MR) is 149 cm³/mol. The summed E-state index contributed by atoms with van der Waals surface area (Å²) in [6, 6.07) is 0. The number of carbonyl (C=O) groups excluding carboxylic acids is 1. The van der Waals surface area contributed by atoms with Crippen LogP contribution in [0.2, 0.25) is 0 Å².